The van der Waals surface area contributed by atoms with Crippen LogP contribution in [-0.2, 0) is 16.4 Å². The summed E-state index contributed by atoms with van der Waals surface area (Å²) in [6.45, 7) is 3.85. The number of fused-ring (bicyclic) bond motifs is 2. The van der Waals surface area contributed by atoms with Gasteiger partial charge in [0.1, 0.15) is 5.69 Å². The van der Waals surface area contributed by atoms with Crippen LogP contribution >= 0.6 is 0 Å². The van der Waals surface area contributed by atoms with E-state index in [0.29, 0.717) is 24.3 Å². The van der Waals surface area contributed by atoms with Crippen molar-refractivity contribution in [2.75, 3.05) is 10.8 Å². The topological polar surface area (TPSA) is 79.0 Å². The molecular weight excluding hydrogens is 312 g/mol. The highest BCUT2D eigenvalue weighted by Crippen LogP contribution is 2.35. The lowest BCUT2D eigenvalue weighted by molar-refractivity contribution is 0.601. The van der Waals surface area contributed by atoms with Crippen LogP contribution in [0.1, 0.15) is 5.56 Å². The number of rotatable bonds is 3. The second kappa shape index (κ2) is 4.92. The van der Waals surface area contributed by atoms with Gasteiger partial charge in [-0.15, -0.1) is 0 Å². The van der Waals surface area contributed by atoms with Gasteiger partial charge in [-0.05, 0) is 30.2 Å². The molecule has 0 radical (unpaired) electrons. The van der Waals surface area contributed by atoms with Crippen molar-refractivity contribution < 1.29 is 8.42 Å². The highest BCUT2D eigenvalue weighted by molar-refractivity contribution is 7.95. The molecule has 23 heavy (non-hydrogen) atoms. The summed E-state index contributed by atoms with van der Waals surface area (Å²) in [7, 11) is -3.48. The third-order valence-electron chi connectivity index (χ3n) is 4.07. The van der Waals surface area contributed by atoms with Gasteiger partial charge in [-0.3, -0.25) is 9.40 Å². The lowest BCUT2D eigenvalue weighted by Gasteiger charge is -2.17. The predicted octanol–water partition coefficient (Wildman–Crippen LogP) is 2.46. The van der Waals surface area contributed by atoms with Crippen LogP contribution in [0.3, 0.4) is 0 Å². The number of anilines is 1. The summed E-state index contributed by atoms with van der Waals surface area (Å²) in [5.74, 6) is 0. The number of H-pyrrole nitrogens is 1. The van der Waals surface area contributed by atoms with Gasteiger partial charge in [0, 0.05) is 29.1 Å². The normalized spacial score (nSPS) is 14.2. The van der Waals surface area contributed by atoms with Crippen LogP contribution < -0.4 is 4.31 Å². The van der Waals surface area contributed by atoms with Gasteiger partial charge >= 0.3 is 0 Å². The highest BCUT2D eigenvalue weighted by atomic mass is 32.2. The molecule has 1 N–H and O–H groups in total. The minimum Gasteiger partial charge on any atom is -0.266 e. The summed E-state index contributed by atoms with van der Waals surface area (Å²) in [6, 6.07) is 9.58. The maximum absolute atomic E-state index is 12.2. The Labute approximate surface area is 133 Å². The van der Waals surface area contributed by atoms with E-state index in [4.69, 9.17) is 0 Å². The first-order valence-corrected chi connectivity index (χ1v) is 8.68. The third kappa shape index (κ3) is 2.12. The van der Waals surface area contributed by atoms with Crippen molar-refractivity contribution in [1.82, 2.24) is 15.2 Å². The molecule has 1 aliphatic rings. The molecule has 3 heterocycles. The van der Waals surface area contributed by atoms with E-state index in [2.05, 4.69) is 21.8 Å². The first kappa shape index (κ1) is 14.0. The van der Waals surface area contributed by atoms with Crippen LogP contribution in [0.5, 0.6) is 0 Å². The number of hydrogen-bond acceptors (Lipinski definition) is 4. The van der Waals surface area contributed by atoms with E-state index in [0.717, 1.165) is 27.6 Å². The largest absolute Gasteiger partial charge is 0.266 e. The van der Waals surface area contributed by atoms with Crippen molar-refractivity contribution in [2.24, 2.45) is 0 Å². The summed E-state index contributed by atoms with van der Waals surface area (Å²) in [5.41, 5.74) is 4.03. The van der Waals surface area contributed by atoms with E-state index in [1.165, 1.54) is 4.31 Å². The average molecular weight is 326 g/mol. The van der Waals surface area contributed by atoms with Gasteiger partial charge in [-0.2, -0.15) is 5.10 Å². The molecule has 4 rings (SSSR count). The Bertz CT molecular complexity index is 1020. The molecule has 3 aromatic rings. The highest BCUT2D eigenvalue weighted by Gasteiger charge is 2.28. The van der Waals surface area contributed by atoms with Crippen molar-refractivity contribution in [2.45, 2.75) is 6.42 Å². The molecule has 0 saturated carbocycles. The number of sulfonamides is 1. The minimum atomic E-state index is -3.48. The Morgan fingerprint density at radius 3 is 3.00 bits per heavy atom. The zero-order valence-corrected chi connectivity index (χ0v) is 13.0. The van der Waals surface area contributed by atoms with E-state index in [-0.39, 0.29) is 0 Å². The molecule has 0 bridgehead atoms. The van der Waals surface area contributed by atoms with E-state index >= 15 is 0 Å². The van der Waals surface area contributed by atoms with E-state index in [9.17, 15) is 8.42 Å². The molecule has 0 atom stereocenters. The number of aromatic amines is 1. The summed E-state index contributed by atoms with van der Waals surface area (Å²) < 4.78 is 25.7. The molecular formula is C16H14N4O2S. The van der Waals surface area contributed by atoms with Crippen LogP contribution in [0.4, 0.5) is 5.69 Å². The Kier molecular flexibility index (Phi) is 2.99. The molecule has 6 nitrogen and oxygen atoms in total. The second-order valence-corrected chi connectivity index (χ2v) is 7.15. The lowest BCUT2D eigenvalue weighted by atomic mass is 10.1. The minimum absolute atomic E-state index is 0.440. The summed E-state index contributed by atoms with van der Waals surface area (Å²) >= 11 is 0. The van der Waals surface area contributed by atoms with Crippen molar-refractivity contribution in [3.05, 3.63) is 54.1 Å². The first-order chi connectivity index (χ1) is 11.1. The lowest BCUT2D eigenvalue weighted by Crippen LogP contribution is -2.26. The van der Waals surface area contributed by atoms with Crippen molar-refractivity contribution in [3.63, 3.8) is 0 Å². The van der Waals surface area contributed by atoms with Crippen LogP contribution in [0, 0.1) is 0 Å². The molecule has 0 aliphatic carbocycles. The average Bonchev–Trinajstić information content (AvgIpc) is 3.18. The van der Waals surface area contributed by atoms with Gasteiger partial charge in [0.15, 0.2) is 5.65 Å². The van der Waals surface area contributed by atoms with Crippen LogP contribution in [0.15, 0.2) is 48.5 Å². The molecule has 116 valence electrons. The molecule has 7 heteroatoms. The van der Waals surface area contributed by atoms with Crippen molar-refractivity contribution in [3.8, 4) is 11.3 Å². The fraction of sp³-hybridized carbons (Fsp3) is 0.125. The Morgan fingerprint density at radius 2 is 2.17 bits per heavy atom. The van der Waals surface area contributed by atoms with E-state index in [1.54, 1.807) is 6.20 Å². The van der Waals surface area contributed by atoms with Crippen molar-refractivity contribution in [1.29, 1.82) is 0 Å². The maximum atomic E-state index is 12.2. The monoisotopic (exact) mass is 326 g/mol. The van der Waals surface area contributed by atoms with Gasteiger partial charge in [-0.25, -0.2) is 13.4 Å². The summed E-state index contributed by atoms with van der Waals surface area (Å²) in [5, 5.41) is 9.12. The zero-order chi connectivity index (χ0) is 16.0. The predicted molar refractivity (Wildman–Crippen MR) is 89.5 cm³/mol. The van der Waals surface area contributed by atoms with E-state index < -0.39 is 10.0 Å². The smallest absolute Gasteiger partial charge is 0.256 e. The molecule has 1 aromatic carbocycles. The maximum Gasteiger partial charge on any atom is 0.256 e. The van der Waals surface area contributed by atoms with Gasteiger partial charge in [-0.1, -0.05) is 18.7 Å². The summed E-state index contributed by atoms with van der Waals surface area (Å²) in [6.07, 6.45) is 2.40. The summed E-state index contributed by atoms with van der Waals surface area (Å²) in [4.78, 5) is 4.23. The van der Waals surface area contributed by atoms with Gasteiger partial charge in [0.05, 0.1) is 5.69 Å². The number of benzene rings is 1. The fourth-order valence-electron chi connectivity index (χ4n) is 2.93. The number of hydrogen-bond donors (Lipinski definition) is 1. The van der Waals surface area contributed by atoms with Crippen molar-refractivity contribution >= 4 is 26.7 Å². The van der Waals surface area contributed by atoms with Crippen LogP contribution in [0.2, 0.25) is 0 Å². The fourth-order valence-corrected chi connectivity index (χ4v) is 3.90. The molecule has 0 amide bonds. The molecule has 0 fully saturated rings. The van der Waals surface area contributed by atoms with Gasteiger partial charge < -0.3 is 0 Å². The number of pyridine rings is 1. The molecule has 0 spiro atoms. The van der Waals surface area contributed by atoms with Crippen LogP contribution in [0.25, 0.3) is 22.3 Å². The second-order valence-electron chi connectivity index (χ2n) is 5.35. The Balaban J connectivity index is 1.87. The number of aromatic nitrogens is 3. The molecule has 0 unspecified atom stereocenters. The number of nitrogens with one attached hydrogen (secondary N) is 1. The van der Waals surface area contributed by atoms with Crippen LogP contribution in [-0.4, -0.2) is 30.1 Å². The molecule has 2 aromatic heterocycles. The van der Waals surface area contributed by atoms with Gasteiger partial charge in [0.2, 0.25) is 0 Å². The quantitative estimate of drug-likeness (QED) is 0.802. The van der Waals surface area contributed by atoms with Gasteiger partial charge in [0.25, 0.3) is 10.0 Å². The Hall–Kier alpha value is -2.67. The standard InChI is InChI=1S/C16H14N4O2S/c1-2-23(21,22)20-9-7-11-5-6-12(10-14(11)20)15-13-4-3-8-17-16(13)19-18-15/h2-6,8,10H,1,7,9H2,(H,17,18,19). The molecule has 1 aliphatic heterocycles. The molecule has 0 saturated heterocycles. The SMILES string of the molecule is C=CS(=O)(=O)N1CCc2ccc(-c3n[nH]c4ncccc34)cc21. The Morgan fingerprint density at radius 1 is 1.30 bits per heavy atom. The zero-order valence-electron chi connectivity index (χ0n) is 12.2. The number of nitrogens with zero attached hydrogens (tertiary/aromatic N) is 3. The van der Waals surface area contributed by atoms with E-state index in [1.807, 2.05) is 30.3 Å². The third-order valence-corrected chi connectivity index (χ3v) is 5.48. The first-order valence-electron chi connectivity index (χ1n) is 7.18.